The van der Waals surface area contributed by atoms with Crippen LogP contribution in [0.15, 0.2) is 0 Å². The van der Waals surface area contributed by atoms with E-state index in [2.05, 4.69) is 33.0 Å². The van der Waals surface area contributed by atoms with E-state index in [1.165, 1.54) is 0 Å². The number of aliphatic hydroxyl groups is 1. The molecule has 0 spiro atoms. The average molecular weight is 215 g/mol. The van der Waals surface area contributed by atoms with Crippen molar-refractivity contribution >= 4 is 0 Å². The van der Waals surface area contributed by atoms with Gasteiger partial charge in [-0.1, -0.05) is 13.8 Å². The number of ether oxygens (including phenoxy) is 1. The van der Waals surface area contributed by atoms with Gasteiger partial charge in [0.15, 0.2) is 0 Å². The van der Waals surface area contributed by atoms with Gasteiger partial charge in [-0.25, -0.2) is 0 Å². The molecule has 0 radical (unpaired) electrons. The summed E-state index contributed by atoms with van der Waals surface area (Å²) in [5.74, 6) is 0.463. The third kappa shape index (κ3) is 4.49. The van der Waals surface area contributed by atoms with Crippen LogP contribution in [0, 0.1) is 5.92 Å². The Balaban J connectivity index is 2.38. The zero-order valence-corrected chi connectivity index (χ0v) is 10.4. The minimum atomic E-state index is -0.151. The molecule has 0 aromatic carbocycles. The van der Waals surface area contributed by atoms with Gasteiger partial charge in [-0.15, -0.1) is 0 Å². The van der Waals surface area contributed by atoms with Gasteiger partial charge in [-0.2, -0.15) is 0 Å². The van der Waals surface area contributed by atoms with E-state index in [0.717, 1.165) is 19.4 Å². The van der Waals surface area contributed by atoms with Gasteiger partial charge in [-0.3, -0.25) is 0 Å². The van der Waals surface area contributed by atoms with Crippen LogP contribution in [0.5, 0.6) is 0 Å². The predicted molar refractivity (Wildman–Crippen MR) is 61.9 cm³/mol. The molecule has 90 valence electrons. The largest absolute Gasteiger partial charge is 0.393 e. The first kappa shape index (κ1) is 12.9. The molecule has 0 aromatic rings. The molecule has 0 saturated heterocycles. The molecule has 1 aliphatic rings. The van der Waals surface area contributed by atoms with Crippen LogP contribution < -0.4 is 5.32 Å². The van der Waals surface area contributed by atoms with E-state index in [1.807, 2.05) is 0 Å². The Morgan fingerprint density at radius 3 is 2.47 bits per heavy atom. The summed E-state index contributed by atoms with van der Waals surface area (Å²) in [6.45, 7) is 9.15. The highest BCUT2D eigenvalue weighted by atomic mass is 16.5. The molecule has 1 rings (SSSR count). The second-order valence-corrected chi connectivity index (χ2v) is 5.20. The van der Waals surface area contributed by atoms with Crippen LogP contribution in [-0.2, 0) is 4.74 Å². The Morgan fingerprint density at radius 1 is 1.27 bits per heavy atom. The Bertz CT molecular complexity index is 182. The lowest BCUT2D eigenvalue weighted by Crippen LogP contribution is -2.39. The van der Waals surface area contributed by atoms with E-state index in [1.54, 1.807) is 0 Å². The molecule has 1 aliphatic carbocycles. The maximum atomic E-state index is 9.65. The fourth-order valence-corrected chi connectivity index (χ4v) is 2.23. The van der Waals surface area contributed by atoms with Crippen LogP contribution in [-0.4, -0.2) is 36.0 Å². The molecule has 0 aliphatic heterocycles. The number of hydrogen-bond acceptors (Lipinski definition) is 3. The molecule has 1 saturated carbocycles. The fraction of sp³-hybridized carbons (Fsp3) is 1.00. The number of nitrogens with one attached hydrogen (secondary N) is 1. The van der Waals surface area contributed by atoms with Gasteiger partial charge in [0.25, 0.3) is 0 Å². The SMILES string of the molecule is CC(C)NC1CC(O)CC1COC(C)C. The Morgan fingerprint density at radius 2 is 1.93 bits per heavy atom. The molecule has 3 nitrogen and oxygen atoms in total. The van der Waals surface area contributed by atoms with Crippen molar-refractivity contribution in [2.45, 2.75) is 64.8 Å². The first-order chi connectivity index (χ1) is 6.99. The summed E-state index contributed by atoms with van der Waals surface area (Å²) in [7, 11) is 0. The Hall–Kier alpha value is -0.120. The van der Waals surface area contributed by atoms with Gasteiger partial charge in [-0.05, 0) is 26.7 Å². The van der Waals surface area contributed by atoms with Crippen molar-refractivity contribution in [2.24, 2.45) is 5.92 Å². The zero-order valence-electron chi connectivity index (χ0n) is 10.4. The lowest BCUT2D eigenvalue weighted by molar-refractivity contribution is 0.0426. The summed E-state index contributed by atoms with van der Waals surface area (Å²) in [5.41, 5.74) is 0. The van der Waals surface area contributed by atoms with E-state index in [0.29, 0.717) is 18.0 Å². The van der Waals surface area contributed by atoms with Crippen molar-refractivity contribution in [2.75, 3.05) is 6.61 Å². The van der Waals surface area contributed by atoms with Crippen molar-refractivity contribution in [3.05, 3.63) is 0 Å². The number of hydrogen-bond donors (Lipinski definition) is 2. The molecule has 0 heterocycles. The van der Waals surface area contributed by atoms with E-state index >= 15 is 0 Å². The fourth-order valence-electron chi connectivity index (χ4n) is 2.23. The van der Waals surface area contributed by atoms with Gasteiger partial charge in [0.05, 0.1) is 18.8 Å². The first-order valence-corrected chi connectivity index (χ1v) is 6.04. The maximum Gasteiger partial charge on any atom is 0.0559 e. The minimum Gasteiger partial charge on any atom is -0.393 e. The number of aliphatic hydroxyl groups excluding tert-OH is 1. The van der Waals surface area contributed by atoms with E-state index < -0.39 is 0 Å². The topological polar surface area (TPSA) is 41.5 Å². The van der Waals surface area contributed by atoms with Crippen LogP contribution in [0.1, 0.15) is 40.5 Å². The molecule has 2 N–H and O–H groups in total. The van der Waals surface area contributed by atoms with Crippen molar-refractivity contribution in [1.82, 2.24) is 5.32 Å². The van der Waals surface area contributed by atoms with Gasteiger partial charge < -0.3 is 15.2 Å². The average Bonchev–Trinajstić information content (AvgIpc) is 2.41. The summed E-state index contributed by atoms with van der Waals surface area (Å²) in [4.78, 5) is 0. The Labute approximate surface area is 93.2 Å². The number of rotatable bonds is 5. The molecule has 3 unspecified atom stereocenters. The van der Waals surface area contributed by atoms with Crippen LogP contribution >= 0.6 is 0 Å². The third-order valence-corrected chi connectivity index (χ3v) is 2.86. The van der Waals surface area contributed by atoms with Crippen LogP contribution in [0.4, 0.5) is 0 Å². The monoisotopic (exact) mass is 215 g/mol. The van der Waals surface area contributed by atoms with Crippen molar-refractivity contribution < 1.29 is 9.84 Å². The lowest BCUT2D eigenvalue weighted by atomic mass is 10.0. The lowest BCUT2D eigenvalue weighted by Gasteiger charge is -2.23. The van der Waals surface area contributed by atoms with E-state index in [9.17, 15) is 5.11 Å². The molecule has 0 bridgehead atoms. The van der Waals surface area contributed by atoms with E-state index in [-0.39, 0.29) is 12.2 Å². The summed E-state index contributed by atoms with van der Waals surface area (Å²) < 4.78 is 5.63. The molecule has 15 heavy (non-hydrogen) atoms. The van der Waals surface area contributed by atoms with Crippen molar-refractivity contribution in [3.8, 4) is 0 Å². The van der Waals surface area contributed by atoms with Crippen LogP contribution in [0.2, 0.25) is 0 Å². The van der Waals surface area contributed by atoms with Gasteiger partial charge in [0, 0.05) is 18.0 Å². The first-order valence-electron chi connectivity index (χ1n) is 6.04. The van der Waals surface area contributed by atoms with Crippen molar-refractivity contribution in [3.63, 3.8) is 0 Å². The van der Waals surface area contributed by atoms with Gasteiger partial charge in [0.2, 0.25) is 0 Å². The highest BCUT2D eigenvalue weighted by Gasteiger charge is 2.33. The molecule has 1 fully saturated rings. The normalized spacial score (nSPS) is 31.8. The third-order valence-electron chi connectivity index (χ3n) is 2.86. The summed E-state index contributed by atoms with van der Waals surface area (Å²) in [6.07, 6.45) is 1.87. The standard InChI is InChI=1S/C12H25NO2/c1-8(2)13-12-6-11(14)5-10(12)7-15-9(3)4/h8-14H,5-7H2,1-4H3. The van der Waals surface area contributed by atoms with Crippen molar-refractivity contribution in [1.29, 1.82) is 0 Å². The quantitative estimate of drug-likeness (QED) is 0.731. The van der Waals surface area contributed by atoms with Gasteiger partial charge in [0.1, 0.15) is 0 Å². The van der Waals surface area contributed by atoms with Crippen LogP contribution in [0.25, 0.3) is 0 Å². The highest BCUT2D eigenvalue weighted by molar-refractivity contribution is 4.89. The van der Waals surface area contributed by atoms with Crippen LogP contribution in [0.3, 0.4) is 0 Å². The highest BCUT2D eigenvalue weighted by Crippen LogP contribution is 2.27. The molecule has 3 atom stereocenters. The predicted octanol–water partition coefficient (Wildman–Crippen LogP) is 1.55. The molecule has 3 heteroatoms. The van der Waals surface area contributed by atoms with E-state index in [4.69, 9.17) is 4.74 Å². The maximum absolute atomic E-state index is 9.65. The second-order valence-electron chi connectivity index (χ2n) is 5.20. The zero-order chi connectivity index (χ0) is 11.4. The second kappa shape index (κ2) is 5.83. The smallest absolute Gasteiger partial charge is 0.0559 e. The molecular weight excluding hydrogens is 190 g/mol. The molecule has 0 aromatic heterocycles. The molecular formula is C12H25NO2. The molecule has 0 amide bonds. The van der Waals surface area contributed by atoms with Gasteiger partial charge >= 0.3 is 0 Å². The summed E-state index contributed by atoms with van der Waals surface area (Å²) >= 11 is 0. The minimum absolute atomic E-state index is 0.151. The Kier molecular flexibility index (Phi) is 5.03. The summed E-state index contributed by atoms with van der Waals surface area (Å²) in [6, 6.07) is 0.889. The summed E-state index contributed by atoms with van der Waals surface area (Å²) in [5, 5.41) is 13.2.